The van der Waals surface area contributed by atoms with Gasteiger partial charge >= 0.3 is 0 Å². The van der Waals surface area contributed by atoms with E-state index in [9.17, 15) is 34.8 Å². The molecule has 0 aromatic heterocycles. The van der Waals surface area contributed by atoms with Crippen molar-refractivity contribution in [3.63, 3.8) is 0 Å². The van der Waals surface area contributed by atoms with Crippen molar-refractivity contribution in [3.05, 3.63) is 69.2 Å². The number of benzene rings is 2. The molecular formula is C32H34N2O9. The van der Waals surface area contributed by atoms with Gasteiger partial charge in [0.05, 0.1) is 11.6 Å². The third kappa shape index (κ3) is 3.95. The van der Waals surface area contributed by atoms with Gasteiger partial charge in [0, 0.05) is 22.6 Å². The minimum absolute atomic E-state index is 0.0128. The molecule has 226 valence electrons. The summed E-state index contributed by atoms with van der Waals surface area (Å²) in [5.74, 6) is -6.17. The van der Waals surface area contributed by atoms with E-state index in [4.69, 9.17) is 15.5 Å². The summed E-state index contributed by atoms with van der Waals surface area (Å²) in [6.07, 6.45) is 0.199. The van der Waals surface area contributed by atoms with Gasteiger partial charge < -0.3 is 31.0 Å². The zero-order valence-corrected chi connectivity index (χ0v) is 24.5. The van der Waals surface area contributed by atoms with Crippen LogP contribution in [0, 0.1) is 11.8 Å². The molecule has 0 saturated heterocycles. The highest BCUT2D eigenvalue weighted by Crippen LogP contribution is 2.54. The predicted octanol–water partition coefficient (Wildman–Crippen LogP) is 2.91. The standard InChI is InChI=1S/C32H34N2O9/c1-31(2,3)19-11-16(13-6-7-20-15(8-13)12-42-43-20)17-9-14-10-18-24(34(4)5)27(37)23(30(33)40)29(39)32(18,41)28(38)21(14)26(36)22(17)25(19)35/h6-8,11,14,18,24,35,37-38,41H,9-10,12H2,1-5H3,(H2,33,40)/t14-,18-,24-,32-/m0/s1. The highest BCUT2D eigenvalue weighted by atomic mass is 17.2. The van der Waals surface area contributed by atoms with E-state index in [2.05, 4.69) is 0 Å². The summed E-state index contributed by atoms with van der Waals surface area (Å²) in [6, 6.07) is 6.34. The number of amides is 1. The van der Waals surface area contributed by atoms with Crippen LogP contribution in [0.2, 0.25) is 0 Å². The van der Waals surface area contributed by atoms with Gasteiger partial charge in [-0.3, -0.25) is 19.3 Å². The van der Waals surface area contributed by atoms with E-state index in [0.29, 0.717) is 22.4 Å². The minimum Gasteiger partial charge on any atom is -0.510 e. The number of allylic oxidation sites excluding steroid dienone is 1. The lowest BCUT2D eigenvalue weighted by Crippen LogP contribution is -2.63. The van der Waals surface area contributed by atoms with Crippen molar-refractivity contribution in [1.82, 2.24) is 4.90 Å². The molecule has 43 heavy (non-hydrogen) atoms. The highest BCUT2D eigenvalue weighted by molar-refractivity contribution is 6.25. The second kappa shape index (κ2) is 9.40. The second-order valence-corrected chi connectivity index (χ2v) is 13.1. The number of carbonyl (C=O) groups is 3. The van der Waals surface area contributed by atoms with Gasteiger partial charge in [-0.25, -0.2) is 0 Å². The Balaban J connectivity index is 1.60. The number of nitrogens with two attached hydrogens (primary N) is 1. The van der Waals surface area contributed by atoms with Crippen LogP contribution in [-0.2, 0) is 32.9 Å². The maximum absolute atomic E-state index is 14.3. The average Bonchev–Trinajstić information content (AvgIpc) is 3.38. The smallest absolute Gasteiger partial charge is 0.255 e. The molecule has 6 rings (SSSR count). The topological polar surface area (TPSA) is 180 Å². The average molecular weight is 591 g/mol. The molecule has 0 saturated carbocycles. The quantitative estimate of drug-likeness (QED) is 0.264. The molecule has 0 bridgehead atoms. The Morgan fingerprint density at radius 1 is 1.12 bits per heavy atom. The van der Waals surface area contributed by atoms with Crippen LogP contribution in [0.15, 0.2) is 46.9 Å². The number of hydrogen-bond donors (Lipinski definition) is 5. The van der Waals surface area contributed by atoms with Crippen molar-refractivity contribution in [3.8, 4) is 22.6 Å². The van der Waals surface area contributed by atoms with Crippen LogP contribution in [-0.4, -0.2) is 68.5 Å². The molecule has 2 aromatic rings. The lowest BCUT2D eigenvalue weighted by molar-refractivity contribution is -0.194. The van der Waals surface area contributed by atoms with Gasteiger partial charge in [-0.15, -0.1) is 0 Å². The van der Waals surface area contributed by atoms with E-state index in [1.807, 2.05) is 39.0 Å². The fourth-order valence-electron chi connectivity index (χ4n) is 7.25. The van der Waals surface area contributed by atoms with E-state index in [1.165, 1.54) is 4.90 Å². The SMILES string of the molecule is CN(C)[C@@H]1C(O)=C(C(N)=O)C(=O)[C@@]2(O)C(O)=C3C(=O)c4c(O)c(C(C)(C)C)cc(-c5ccc6c(c5)COO6)c4C[C@H]3C[C@@H]12. The number of phenolic OH excluding ortho intramolecular Hbond substituents is 1. The number of Topliss-reactive ketones (excluding diaryl/α,β-unsaturated/α-hetero) is 2. The van der Waals surface area contributed by atoms with Crippen LogP contribution >= 0.6 is 0 Å². The van der Waals surface area contributed by atoms with Crippen molar-refractivity contribution < 1.29 is 44.6 Å². The molecule has 1 amide bonds. The Bertz CT molecular complexity index is 1700. The Kier molecular flexibility index (Phi) is 6.32. The summed E-state index contributed by atoms with van der Waals surface area (Å²) >= 11 is 0. The van der Waals surface area contributed by atoms with E-state index < -0.39 is 63.5 Å². The van der Waals surface area contributed by atoms with Crippen LogP contribution in [0.3, 0.4) is 0 Å². The van der Waals surface area contributed by atoms with Gasteiger partial charge in [-0.1, -0.05) is 26.8 Å². The first-order valence-corrected chi connectivity index (χ1v) is 14.1. The zero-order chi connectivity index (χ0) is 31.3. The van der Waals surface area contributed by atoms with E-state index >= 15 is 0 Å². The third-order valence-corrected chi connectivity index (χ3v) is 9.27. The predicted molar refractivity (Wildman–Crippen MR) is 153 cm³/mol. The summed E-state index contributed by atoms with van der Waals surface area (Å²) in [5, 5.41) is 46.1. The summed E-state index contributed by atoms with van der Waals surface area (Å²) in [6.45, 7) is 5.95. The first-order valence-electron chi connectivity index (χ1n) is 14.1. The number of rotatable bonds is 3. The number of fused-ring (bicyclic) bond motifs is 4. The Hall–Kier alpha value is -4.19. The van der Waals surface area contributed by atoms with Gasteiger partial charge in [-0.2, -0.15) is 4.89 Å². The molecule has 6 N–H and O–H groups in total. The number of primary amides is 1. The van der Waals surface area contributed by atoms with Crippen LogP contribution in [0.25, 0.3) is 11.1 Å². The first-order chi connectivity index (χ1) is 20.1. The number of hydrogen-bond acceptors (Lipinski definition) is 10. The van der Waals surface area contributed by atoms with Crippen LogP contribution < -0.4 is 10.6 Å². The number of ketones is 2. The lowest BCUT2D eigenvalue weighted by atomic mass is 9.58. The summed E-state index contributed by atoms with van der Waals surface area (Å²) in [4.78, 5) is 52.0. The normalized spacial score (nSPS) is 26.6. The summed E-state index contributed by atoms with van der Waals surface area (Å²) < 4.78 is 0. The van der Waals surface area contributed by atoms with Crippen LogP contribution in [0.4, 0.5) is 0 Å². The summed E-state index contributed by atoms with van der Waals surface area (Å²) in [5.41, 5.74) is 4.47. The lowest BCUT2D eigenvalue weighted by Gasteiger charge is -2.50. The van der Waals surface area contributed by atoms with Crippen molar-refractivity contribution in [1.29, 1.82) is 0 Å². The number of nitrogens with zero attached hydrogens (tertiary/aromatic N) is 1. The minimum atomic E-state index is -2.69. The molecule has 2 aromatic carbocycles. The molecule has 4 aliphatic rings. The van der Waals surface area contributed by atoms with Crippen molar-refractivity contribution in [2.75, 3.05) is 14.1 Å². The van der Waals surface area contributed by atoms with Crippen LogP contribution in [0.1, 0.15) is 54.2 Å². The van der Waals surface area contributed by atoms with Crippen molar-refractivity contribution in [2.24, 2.45) is 17.6 Å². The fraction of sp³-hybridized carbons (Fsp3) is 0.406. The van der Waals surface area contributed by atoms with E-state index in [1.54, 1.807) is 20.2 Å². The molecule has 0 radical (unpaired) electrons. The molecule has 0 unspecified atom stereocenters. The second-order valence-electron chi connectivity index (χ2n) is 13.1. The number of aliphatic hydroxyl groups is 3. The molecule has 4 atom stereocenters. The number of phenols is 1. The maximum Gasteiger partial charge on any atom is 0.255 e. The molecular weight excluding hydrogens is 556 g/mol. The molecule has 11 heteroatoms. The Labute approximate surface area is 247 Å². The molecule has 0 fully saturated rings. The van der Waals surface area contributed by atoms with Crippen LogP contribution in [0.5, 0.6) is 11.5 Å². The van der Waals surface area contributed by atoms with E-state index in [-0.39, 0.29) is 36.3 Å². The van der Waals surface area contributed by atoms with Crippen molar-refractivity contribution >= 4 is 17.5 Å². The number of likely N-dealkylation sites (N-methyl/N-ethyl adjacent to an activating group) is 1. The monoisotopic (exact) mass is 590 g/mol. The Morgan fingerprint density at radius 3 is 2.44 bits per heavy atom. The molecule has 1 aliphatic heterocycles. The largest absolute Gasteiger partial charge is 0.510 e. The fourth-order valence-corrected chi connectivity index (χ4v) is 7.25. The highest BCUT2D eigenvalue weighted by Gasteiger charge is 2.63. The van der Waals surface area contributed by atoms with E-state index in [0.717, 1.165) is 11.1 Å². The van der Waals surface area contributed by atoms with Crippen molar-refractivity contribution in [2.45, 2.75) is 57.3 Å². The van der Waals surface area contributed by atoms with Gasteiger partial charge in [0.2, 0.25) is 5.78 Å². The summed E-state index contributed by atoms with van der Waals surface area (Å²) in [7, 11) is 3.19. The molecule has 11 nitrogen and oxygen atoms in total. The maximum atomic E-state index is 14.3. The third-order valence-electron chi connectivity index (χ3n) is 9.27. The van der Waals surface area contributed by atoms with Gasteiger partial charge in [0.1, 0.15) is 29.4 Å². The number of aliphatic hydroxyl groups excluding tert-OH is 2. The Morgan fingerprint density at radius 2 is 1.81 bits per heavy atom. The van der Waals surface area contributed by atoms with Gasteiger partial charge in [-0.05, 0) is 73.2 Å². The van der Waals surface area contributed by atoms with Gasteiger partial charge in [0.25, 0.3) is 5.91 Å². The number of carbonyl (C=O) groups excluding carboxylic acids is 3. The first kappa shape index (κ1) is 28.9. The molecule has 0 spiro atoms. The molecule has 3 aliphatic carbocycles. The number of aromatic hydroxyl groups is 1. The zero-order valence-electron chi connectivity index (χ0n) is 24.5. The molecule has 1 heterocycles. The van der Waals surface area contributed by atoms with Gasteiger partial charge in [0.15, 0.2) is 17.1 Å².